The van der Waals surface area contributed by atoms with Crippen LogP contribution in [0.4, 0.5) is 4.79 Å². The number of carbonyl (C=O) groups is 4. The van der Waals surface area contributed by atoms with Gasteiger partial charge in [0.25, 0.3) is 5.91 Å². The molecule has 142 valence electrons. The van der Waals surface area contributed by atoms with Crippen molar-refractivity contribution in [2.45, 2.75) is 38.8 Å². The molecule has 2 rings (SSSR count). The molecule has 5 amide bonds. The predicted octanol–water partition coefficient (Wildman–Crippen LogP) is 0.465. The molecule has 2 N–H and O–H groups in total. The lowest BCUT2D eigenvalue weighted by Gasteiger charge is -2.23. The number of likely N-dealkylation sites (N-methyl/N-ethyl adjacent to an activating group) is 1. The quantitative estimate of drug-likeness (QED) is 0.651. The maximum absolute atomic E-state index is 12.5. The molecule has 9 heteroatoms. The summed E-state index contributed by atoms with van der Waals surface area (Å²) in [7, 11) is 1.44. The molecule has 0 bridgehead atoms. The molecular formula is C17H24N4O5. The smallest absolute Gasteiger partial charge is 0.325 e. The first-order valence-corrected chi connectivity index (χ1v) is 8.50. The van der Waals surface area contributed by atoms with E-state index in [4.69, 9.17) is 4.42 Å². The van der Waals surface area contributed by atoms with Crippen molar-refractivity contribution in [3.8, 4) is 0 Å². The standard InChI is InChI=1S/C17H24N4O5/c1-4-17(5-2)15(24)21(16(25)19-17)11-14(23)20(3)10-13(22)18-9-12-7-6-8-26-12/h6-8H,4-5,9-11H2,1-3H3,(H,18,22)(H,19,25). The van der Waals surface area contributed by atoms with Crippen molar-refractivity contribution in [1.82, 2.24) is 20.4 Å². The Labute approximate surface area is 151 Å². The summed E-state index contributed by atoms with van der Waals surface area (Å²) in [6.45, 7) is 3.26. The average molecular weight is 364 g/mol. The molecule has 0 atom stereocenters. The van der Waals surface area contributed by atoms with Crippen molar-refractivity contribution in [3.05, 3.63) is 24.2 Å². The Balaban J connectivity index is 1.87. The summed E-state index contributed by atoms with van der Waals surface area (Å²) >= 11 is 0. The third kappa shape index (κ3) is 4.04. The van der Waals surface area contributed by atoms with E-state index in [-0.39, 0.29) is 19.0 Å². The highest BCUT2D eigenvalue weighted by atomic mass is 16.3. The Morgan fingerprint density at radius 1 is 1.31 bits per heavy atom. The Morgan fingerprint density at radius 3 is 2.54 bits per heavy atom. The zero-order chi connectivity index (χ0) is 19.3. The van der Waals surface area contributed by atoms with Gasteiger partial charge in [0.1, 0.15) is 17.8 Å². The van der Waals surface area contributed by atoms with Gasteiger partial charge in [0.15, 0.2) is 0 Å². The van der Waals surface area contributed by atoms with Crippen LogP contribution in [-0.4, -0.2) is 59.2 Å². The van der Waals surface area contributed by atoms with Crippen LogP contribution < -0.4 is 10.6 Å². The van der Waals surface area contributed by atoms with Gasteiger partial charge >= 0.3 is 6.03 Å². The van der Waals surface area contributed by atoms with Crippen LogP contribution in [0.2, 0.25) is 0 Å². The molecule has 0 spiro atoms. The molecule has 9 nitrogen and oxygen atoms in total. The van der Waals surface area contributed by atoms with Gasteiger partial charge in [-0.1, -0.05) is 13.8 Å². The van der Waals surface area contributed by atoms with E-state index in [0.717, 1.165) is 4.90 Å². The molecule has 1 aromatic heterocycles. The van der Waals surface area contributed by atoms with Gasteiger partial charge in [-0.2, -0.15) is 0 Å². The second-order valence-electron chi connectivity index (χ2n) is 6.22. The lowest BCUT2D eigenvalue weighted by molar-refractivity contribution is -0.139. The van der Waals surface area contributed by atoms with Crippen LogP contribution in [0.5, 0.6) is 0 Å². The van der Waals surface area contributed by atoms with Crippen molar-refractivity contribution < 1.29 is 23.6 Å². The third-order valence-electron chi connectivity index (χ3n) is 4.59. The fourth-order valence-corrected chi connectivity index (χ4v) is 2.76. The fourth-order valence-electron chi connectivity index (χ4n) is 2.76. The molecule has 1 saturated heterocycles. The zero-order valence-electron chi connectivity index (χ0n) is 15.2. The van der Waals surface area contributed by atoms with E-state index in [1.807, 2.05) is 13.8 Å². The van der Waals surface area contributed by atoms with Gasteiger partial charge in [-0.3, -0.25) is 19.3 Å². The van der Waals surface area contributed by atoms with Crippen LogP contribution in [0.3, 0.4) is 0 Å². The highest BCUT2D eigenvalue weighted by Crippen LogP contribution is 2.24. The van der Waals surface area contributed by atoms with Crippen LogP contribution in [-0.2, 0) is 20.9 Å². The Bertz CT molecular complexity index is 681. The molecule has 2 heterocycles. The number of nitrogens with zero attached hydrogens (tertiary/aromatic N) is 2. The van der Waals surface area contributed by atoms with Crippen molar-refractivity contribution in [2.24, 2.45) is 0 Å². The van der Waals surface area contributed by atoms with Crippen LogP contribution in [0, 0.1) is 0 Å². The van der Waals surface area contributed by atoms with E-state index in [1.54, 1.807) is 12.1 Å². The summed E-state index contributed by atoms with van der Waals surface area (Å²) in [5, 5.41) is 5.29. The van der Waals surface area contributed by atoms with Gasteiger partial charge in [-0.05, 0) is 25.0 Å². The van der Waals surface area contributed by atoms with E-state index < -0.39 is 29.9 Å². The molecule has 26 heavy (non-hydrogen) atoms. The molecular weight excluding hydrogens is 340 g/mol. The first-order valence-electron chi connectivity index (χ1n) is 8.50. The topological polar surface area (TPSA) is 112 Å². The minimum Gasteiger partial charge on any atom is -0.467 e. The highest BCUT2D eigenvalue weighted by Gasteiger charge is 2.49. The van der Waals surface area contributed by atoms with E-state index in [9.17, 15) is 19.2 Å². The molecule has 0 aromatic carbocycles. The maximum Gasteiger partial charge on any atom is 0.325 e. The van der Waals surface area contributed by atoms with E-state index in [2.05, 4.69) is 10.6 Å². The van der Waals surface area contributed by atoms with E-state index in [1.165, 1.54) is 18.2 Å². The largest absolute Gasteiger partial charge is 0.467 e. The predicted molar refractivity (Wildman–Crippen MR) is 91.7 cm³/mol. The van der Waals surface area contributed by atoms with Gasteiger partial charge in [-0.15, -0.1) is 0 Å². The Morgan fingerprint density at radius 2 is 2.00 bits per heavy atom. The summed E-state index contributed by atoms with van der Waals surface area (Å²) in [5.74, 6) is -0.672. The van der Waals surface area contributed by atoms with Gasteiger partial charge in [0.05, 0.1) is 19.4 Å². The highest BCUT2D eigenvalue weighted by molar-refractivity contribution is 6.09. The van der Waals surface area contributed by atoms with Crippen molar-refractivity contribution in [3.63, 3.8) is 0 Å². The Kier molecular flexibility index (Phi) is 6.01. The monoisotopic (exact) mass is 364 g/mol. The van der Waals surface area contributed by atoms with Gasteiger partial charge < -0.3 is 20.0 Å². The molecule has 0 unspecified atom stereocenters. The second-order valence-corrected chi connectivity index (χ2v) is 6.22. The number of nitrogens with one attached hydrogen (secondary N) is 2. The van der Waals surface area contributed by atoms with Crippen LogP contribution in [0.15, 0.2) is 22.8 Å². The SMILES string of the molecule is CCC1(CC)NC(=O)N(CC(=O)N(C)CC(=O)NCc2ccco2)C1=O. The lowest BCUT2D eigenvalue weighted by atomic mass is 9.93. The molecule has 1 aromatic rings. The minimum atomic E-state index is -0.948. The molecule has 1 aliphatic heterocycles. The number of urea groups is 1. The normalized spacial score (nSPS) is 15.7. The van der Waals surface area contributed by atoms with Crippen LogP contribution in [0.1, 0.15) is 32.4 Å². The summed E-state index contributed by atoms with van der Waals surface area (Å²) in [6, 6.07) is 2.85. The Hall–Kier alpha value is -2.84. The minimum absolute atomic E-state index is 0.185. The summed E-state index contributed by atoms with van der Waals surface area (Å²) in [6.07, 6.45) is 2.40. The van der Waals surface area contributed by atoms with Crippen LogP contribution >= 0.6 is 0 Å². The molecule has 0 radical (unpaired) electrons. The lowest BCUT2D eigenvalue weighted by Crippen LogP contribution is -2.47. The number of furan rings is 1. The van der Waals surface area contributed by atoms with Gasteiger partial charge in [-0.25, -0.2) is 4.79 Å². The van der Waals surface area contributed by atoms with E-state index in [0.29, 0.717) is 18.6 Å². The first kappa shape index (κ1) is 19.5. The zero-order valence-corrected chi connectivity index (χ0v) is 15.2. The molecule has 1 fully saturated rings. The summed E-state index contributed by atoms with van der Waals surface area (Å²) in [4.78, 5) is 50.9. The summed E-state index contributed by atoms with van der Waals surface area (Å²) in [5.41, 5.74) is -0.948. The first-order chi connectivity index (χ1) is 12.3. The molecule has 1 aliphatic rings. The van der Waals surface area contributed by atoms with Crippen LogP contribution in [0.25, 0.3) is 0 Å². The third-order valence-corrected chi connectivity index (χ3v) is 4.59. The maximum atomic E-state index is 12.5. The van der Waals surface area contributed by atoms with Gasteiger partial charge in [0.2, 0.25) is 11.8 Å². The number of amides is 5. The number of hydrogen-bond acceptors (Lipinski definition) is 5. The number of hydrogen-bond donors (Lipinski definition) is 2. The van der Waals surface area contributed by atoms with Crippen molar-refractivity contribution in [2.75, 3.05) is 20.1 Å². The second kappa shape index (κ2) is 8.03. The van der Waals surface area contributed by atoms with E-state index >= 15 is 0 Å². The van der Waals surface area contributed by atoms with Gasteiger partial charge in [0, 0.05) is 7.05 Å². The average Bonchev–Trinajstić information content (AvgIpc) is 3.22. The molecule has 0 saturated carbocycles. The fraction of sp³-hybridized carbons (Fsp3) is 0.529. The number of rotatable bonds is 8. The number of imide groups is 1. The molecule has 0 aliphatic carbocycles. The van der Waals surface area contributed by atoms with Crippen molar-refractivity contribution in [1.29, 1.82) is 0 Å². The number of carbonyl (C=O) groups excluding carboxylic acids is 4. The van der Waals surface area contributed by atoms with Crippen molar-refractivity contribution >= 4 is 23.8 Å². The summed E-state index contributed by atoms with van der Waals surface area (Å²) < 4.78 is 5.11.